The van der Waals surface area contributed by atoms with Crippen molar-refractivity contribution in [2.24, 2.45) is 5.73 Å². The number of rotatable bonds is 2. The minimum absolute atomic E-state index is 0.0169. The minimum Gasteiger partial charge on any atom is -0.406 e. The summed E-state index contributed by atoms with van der Waals surface area (Å²) in [6.07, 6.45) is -4.78. The van der Waals surface area contributed by atoms with Crippen molar-refractivity contribution in [1.82, 2.24) is 0 Å². The van der Waals surface area contributed by atoms with Gasteiger partial charge >= 0.3 is 6.36 Å². The Kier molecular flexibility index (Phi) is 3.18. The molecule has 2 N–H and O–H groups in total. The molecule has 0 bridgehead atoms. The van der Waals surface area contributed by atoms with Gasteiger partial charge in [0, 0.05) is 11.6 Å². The second-order valence-electron chi connectivity index (χ2n) is 3.02. The van der Waals surface area contributed by atoms with Gasteiger partial charge in [-0.1, -0.05) is 0 Å². The quantitative estimate of drug-likeness (QED) is 0.782. The average molecular weight is 223 g/mol. The van der Waals surface area contributed by atoms with Crippen molar-refractivity contribution in [3.63, 3.8) is 0 Å². The molecule has 0 aliphatic rings. The van der Waals surface area contributed by atoms with Gasteiger partial charge in [-0.05, 0) is 25.1 Å². The van der Waals surface area contributed by atoms with Crippen molar-refractivity contribution >= 4 is 0 Å². The van der Waals surface area contributed by atoms with Crippen LogP contribution in [0.25, 0.3) is 0 Å². The first-order chi connectivity index (χ1) is 6.79. The van der Waals surface area contributed by atoms with Gasteiger partial charge < -0.3 is 10.5 Å². The van der Waals surface area contributed by atoms with Crippen LogP contribution in [0, 0.1) is 5.82 Å². The summed E-state index contributed by atoms with van der Waals surface area (Å²) >= 11 is 0. The minimum atomic E-state index is -4.78. The van der Waals surface area contributed by atoms with Crippen molar-refractivity contribution in [2.75, 3.05) is 0 Å². The first-order valence-electron chi connectivity index (χ1n) is 4.10. The molecular weight excluding hydrogens is 214 g/mol. The van der Waals surface area contributed by atoms with Gasteiger partial charge in [-0.3, -0.25) is 0 Å². The fraction of sp³-hybridized carbons (Fsp3) is 0.333. The van der Waals surface area contributed by atoms with E-state index in [9.17, 15) is 17.6 Å². The highest BCUT2D eigenvalue weighted by Gasteiger charge is 2.31. The molecule has 0 radical (unpaired) electrons. The molecule has 6 heteroatoms. The van der Waals surface area contributed by atoms with Crippen molar-refractivity contribution in [3.8, 4) is 5.75 Å². The third kappa shape index (κ3) is 3.39. The van der Waals surface area contributed by atoms with Gasteiger partial charge in [0.15, 0.2) is 0 Å². The summed E-state index contributed by atoms with van der Waals surface area (Å²) in [4.78, 5) is 0. The van der Waals surface area contributed by atoms with Crippen LogP contribution >= 0.6 is 0 Å². The number of benzene rings is 1. The smallest absolute Gasteiger partial charge is 0.406 e. The standard InChI is InChI=1S/C9H9F4NO/c1-5(14)7-4-6(2-3-8(7)10)15-9(11,12)13/h2-5H,14H2,1H3/t5-/m0/s1. The van der Waals surface area contributed by atoms with E-state index in [2.05, 4.69) is 4.74 Å². The lowest BCUT2D eigenvalue weighted by atomic mass is 10.1. The molecule has 0 spiro atoms. The van der Waals surface area contributed by atoms with Crippen LogP contribution in [0.2, 0.25) is 0 Å². The van der Waals surface area contributed by atoms with Crippen molar-refractivity contribution in [3.05, 3.63) is 29.6 Å². The number of alkyl halides is 3. The SMILES string of the molecule is C[C@H](N)c1cc(OC(F)(F)F)ccc1F. The molecule has 1 aromatic rings. The Hall–Kier alpha value is -1.30. The predicted molar refractivity (Wildman–Crippen MR) is 45.7 cm³/mol. The lowest BCUT2D eigenvalue weighted by Crippen LogP contribution is -2.17. The highest BCUT2D eigenvalue weighted by molar-refractivity contribution is 5.31. The third-order valence-electron chi connectivity index (χ3n) is 1.69. The Morgan fingerprint density at radius 1 is 1.33 bits per heavy atom. The molecular formula is C9H9F4NO. The Morgan fingerprint density at radius 3 is 2.40 bits per heavy atom. The van der Waals surface area contributed by atoms with Crippen LogP contribution in [0.1, 0.15) is 18.5 Å². The van der Waals surface area contributed by atoms with Crippen LogP contribution in [-0.4, -0.2) is 6.36 Å². The summed E-state index contributed by atoms with van der Waals surface area (Å²) < 4.78 is 52.1. The van der Waals surface area contributed by atoms with Gasteiger partial charge in [-0.2, -0.15) is 0 Å². The molecule has 0 fully saturated rings. The molecule has 15 heavy (non-hydrogen) atoms. The fourth-order valence-electron chi connectivity index (χ4n) is 1.07. The molecule has 2 nitrogen and oxygen atoms in total. The third-order valence-corrected chi connectivity index (χ3v) is 1.69. The van der Waals surface area contributed by atoms with Crippen LogP contribution in [-0.2, 0) is 0 Å². The average Bonchev–Trinajstić information content (AvgIpc) is 2.05. The molecule has 0 aliphatic heterocycles. The van der Waals surface area contributed by atoms with E-state index in [1.54, 1.807) is 0 Å². The van der Waals surface area contributed by atoms with Gasteiger partial charge in [0.05, 0.1) is 0 Å². The molecule has 0 amide bonds. The maximum atomic E-state index is 13.0. The van der Waals surface area contributed by atoms with E-state index in [-0.39, 0.29) is 5.56 Å². The number of halogens is 4. The molecule has 0 heterocycles. The van der Waals surface area contributed by atoms with Gasteiger partial charge in [-0.15, -0.1) is 13.2 Å². The highest BCUT2D eigenvalue weighted by atomic mass is 19.4. The van der Waals surface area contributed by atoms with E-state index in [1.807, 2.05) is 0 Å². The molecule has 0 unspecified atom stereocenters. The molecule has 0 saturated heterocycles. The largest absolute Gasteiger partial charge is 0.573 e. The van der Waals surface area contributed by atoms with E-state index >= 15 is 0 Å². The second kappa shape index (κ2) is 4.06. The van der Waals surface area contributed by atoms with Crippen molar-refractivity contribution < 1.29 is 22.3 Å². The lowest BCUT2D eigenvalue weighted by molar-refractivity contribution is -0.274. The van der Waals surface area contributed by atoms with E-state index in [1.165, 1.54) is 6.92 Å². The first-order valence-corrected chi connectivity index (χ1v) is 4.10. The van der Waals surface area contributed by atoms with E-state index in [4.69, 9.17) is 5.73 Å². The Labute approximate surface area is 83.6 Å². The first kappa shape index (κ1) is 11.8. The Morgan fingerprint density at radius 2 is 1.93 bits per heavy atom. The zero-order valence-corrected chi connectivity index (χ0v) is 7.81. The van der Waals surface area contributed by atoms with Crippen LogP contribution in [0.5, 0.6) is 5.75 Å². The van der Waals surface area contributed by atoms with Crippen LogP contribution in [0.3, 0.4) is 0 Å². The van der Waals surface area contributed by atoms with Gasteiger partial charge in [0.2, 0.25) is 0 Å². The van der Waals surface area contributed by atoms with Crippen molar-refractivity contribution in [2.45, 2.75) is 19.3 Å². The topological polar surface area (TPSA) is 35.2 Å². The maximum absolute atomic E-state index is 13.0. The number of ether oxygens (including phenoxy) is 1. The zero-order chi connectivity index (χ0) is 11.6. The molecule has 84 valence electrons. The van der Waals surface area contributed by atoms with E-state index in [0.29, 0.717) is 0 Å². The van der Waals surface area contributed by atoms with E-state index < -0.39 is 24.0 Å². The molecule has 1 atom stereocenters. The second-order valence-corrected chi connectivity index (χ2v) is 3.02. The number of nitrogens with two attached hydrogens (primary N) is 1. The van der Waals surface area contributed by atoms with E-state index in [0.717, 1.165) is 18.2 Å². The molecule has 1 aromatic carbocycles. The molecule has 0 aliphatic carbocycles. The van der Waals surface area contributed by atoms with Gasteiger partial charge in [-0.25, -0.2) is 4.39 Å². The summed E-state index contributed by atoms with van der Waals surface area (Å²) in [5, 5.41) is 0. The molecule has 0 saturated carbocycles. The lowest BCUT2D eigenvalue weighted by Gasteiger charge is -2.12. The predicted octanol–water partition coefficient (Wildman–Crippen LogP) is 2.74. The van der Waals surface area contributed by atoms with Gasteiger partial charge in [0.25, 0.3) is 0 Å². The Bertz CT molecular complexity index is 348. The summed E-state index contributed by atoms with van der Waals surface area (Å²) in [5.74, 6) is -1.13. The Balaban J connectivity index is 2.98. The van der Waals surface area contributed by atoms with Crippen LogP contribution in [0.4, 0.5) is 17.6 Å². The number of hydrogen-bond donors (Lipinski definition) is 1. The van der Waals surface area contributed by atoms with Crippen molar-refractivity contribution in [1.29, 1.82) is 0 Å². The van der Waals surface area contributed by atoms with Crippen LogP contribution in [0.15, 0.2) is 18.2 Å². The highest BCUT2D eigenvalue weighted by Crippen LogP contribution is 2.26. The van der Waals surface area contributed by atoms with Gasteiger partial charge in [0.1, 0.15) is 11.6 Å². The van der Waals surface area contributed by atoms with Crippen LogP contribution < -0.4 is 10.5 Å². The summed E-state index contributed by atoms with van der Waals surface area (Å²) in [6.45, 7) is 1.47. The molecule has 1 rings (SSSR count). The molecule has 0 aromatic heterocycles. The number of hydrogen-bond acceptors (Lipinski definition) is 2. The normalized spacial score (nSPS) is 13.7. The summed E-state index contributed by atoms with van der Waals surface area (Å²) in [7, 11) is 0. The monoisotopic (exact) mass is 223 g/mol. The summed E-state index contributed by atoms with van der Waals surface area (Å²) in [6, 6.07) is 2.03. The maximum Gasteiger partial charge on any atom is 0.573 e. The summed E-state index contributed by atoms with van der Waals surface area (Å²) in [5.41, 5.74) is 5.35. The zero-order valence-electron chi connectivity index (χ0n) is 7.81. The fourth-order valence-corrected chi connectivity index (χ4v) is 1.07.